The van der Waals surface area contributed by atoms with Crippen LogP contribution in [0.5, 0.6) is 0 Å². The van der Waals surface area contributed by atoms with Crippen LogP contribution in [-0.4, -0.2) is 9.13 Å². The molecule has 0 N–H and O–H groups in total. The first-order valence-electron chi connectivity index (χ1n) is 16.7. The normalized spacial score (nSPS) is 12.8. The Labute approximate surface area is 317 Å². The molecule has 0 aliphatic heterocycles. The summed E-state index contributed by atoms with van der Waals surface area (Å²) >= 11 is 0. The van der Waals surface area contributed by atoms with Crippen LogP contribution in [0.15, 0.2) is 109 Å². The summed E-state index contributed by atoms with van der Waals surface area (Å²) in [6.45, 7) is 0. The maximum Gasteiger partial charge on any atom is 0.416 e. The number of hydrogen-bond acceptors (Lipinski definition) is 2. The minimum atomic E-state index is -4.96. The lowest BCUT2D eigenvalue weighted by atomic mass is 9.96. The molecule has 8 aromatic rings. The summed E-state index contributed by atoms with van der Waals surface area (Å²) in [7, 11) is 0. The van der Waals surface area contributed by atoms with E-state index in [0.717, 1.165) is 33.4 Å². The first kappa shape index (κ1) is 38.0. The van der Waals surface area contributed by atoms with Gasteiger partial charge in [0.25, 0.3) is 0 Å². The molecule has 0 fully saturated rings. The van der Waals surface area contributed by atoms with Crippen LogP contribution in [0.3, 0.4) is 0 Å². The molecule has 0 bridgehead atoms. The number of alkyl halides is 12. The monoisotopic (exact) mass is 806 g/mol. The van der Waals surface area contributed by atoms with Gasteiger partial charge in [-0.15, -0.1) is 0 Å². The first-order valence-corrected chi connectivity index (χ1v) is 16.7. The zero-order chi connectivity index (χ0) is 41.7. The Balaban J connectivity index is 1.62. The summed E-state index contributed by atoms with van der Waals surface area (Å²) in [6.07, 6.45) is -19.8. The van der Waals surface area contributed by atoms with Crippen LogP contribution in [0.2, 0.25) is 0 Å². The van der Waals surface area contributed by atoms with Crippen molar-refractivity contribution in [3.05, 3.63) is 143 Å². The number of fused-ring (bicyclic) bond motifs is 6. The first-order chi connectivity index (χ1) is 27.2. The number of nitriles is 2. The predicted octanol–water partition coefficient (Wildman–Crippen LogP) is 13.4. The Kier molecular flexibility index (Phi) is 8.37. The lowest BCUT2D eigenvalue weighted by Crippen LogP contribution is -2.09. The van der Waals surface area contributed by atoms with Crippen molar-refractivity contribution < 1.29 is 52.7 Å². The highest BCUT2D eigenvalue weighted by Crippen LogP contribution is 2.45. The second kappa shape index (κ2) is 12.8. The van der Waals surface area contributed by atoms with E-state index in [-0.39, 0.29) is 60.3 Å². The highest BCUT2D eigenvalue weighted by Gasteiger charge is 2.36. The Hall–Kier alpha value is -6.94. The van der Waals surface area contributed by atoms with Crippen molar-refractivity contribution in [1.82, 2.24) is 9.13 Å². The van der Waals surface area contributed by atoms with Crippen LogP contribution in [0.25, 0.3) is 66.1 Å². The standard InChI is InChI=1S/C42H18F12N4/c43-39(44,45)23-5-9-28-29-10-6-24(40(46,47)48)16-36(29)57(35(28)15-23)33-13-22(27-4-2-1-3-21(27)19-55)14-34(32(33)20-56)58-37-17-25(41(49,50)51)7-11-30(37)31-12-8-26(18-38(31)58)42(52,53)54/h1-18H. The van der Waals surface area contributed by atoms with E-state index in [1.54, 1.807) is 0 Å². The van der Waals surface area contributed by atoms with Crippen molar-refractivity contribution in [3.63, 3.8) is 0 Å². The minimum absolute atomic E-state index is 0.00835. The van der Waals surface area contributed by atoms with E-state index in [0.29, 0.717) is 48.5 Å². The van der Waals surface area contributed by atoms with E-state index in [2.05, 4.69) is 0 Å². The summed E-state index contributed by atoms with van der Waals surface area (Å²) in [5.41, 5.74) is -7.46. The van der Waals surface area contributed by atoms with E-state index in [1.807, 2.05) is 12.1 Å². The number of halogens is 12. The van der Waals surface area contributed by atoms with E-state index in [4.69, 9.17) is 0 Å². The van der Waals surface area contributed by atoms with E-state index < -0.39 is 63.9 Å². The number of benzene rings is 6. The molecular formula is C42H18F12N4. The Morgan fingerprint density at radius 1 is 0.397 bits per heavy atom. The van der Waals surface area contributed by atoms with Crippen molar-refractivity contribution in [2.24, 2.45) is 0 Å². The zero-order valence-electron chi connectivity index (χ0n) is 28.7. The number of aromatic nitrogens is 2. The lowest BCUT2D eigenvalue weighted by molar-refractivity contribution is -0.138. The van der Waals surface area contributed by atoms with Crippen LogP contribution >= 0.6 is 0 Å². The molecular weight excluding hydrogens is 788 g/mol. The summed E-state index contributed by atoms with van der Waals surface area (Å²) in [4.78, 5) is 0. The molecule has 0 amide bonds. The molecule has 58 heavy (non-hydrogen) atoms. The Bertz CT molecular complexity index is 2780. The fourth-order valence-electron chi connectivity index (χ4n) is 7.33. The van der Waals surface area contributed by atoms with Crippen LogP contribution in [0, 0.1) is 22.7 Å². The van der Waals surface area contributed by atoms with Gasteiger partial charge in [-0.05, 0) is 77.9 Å². The molecule has 290 valence electrons. The second-order valence-corrected chi connectivity index (χ2v) is 13.2. The van der Waals surface area contributed by atoms with Gasteiger partial charge in [0.1, 0.15) is 11.6 Å². The quantitative estimate of drug-likeness (QED) is 0.167. The average Bonchev–Trinajstić information content (AvgIpc) is 3.67. The van der Waals surface area contributed by atoms with Crippen LogP contribution in [-0.2, 0) is 24.7 Å². The smallest absolute Gasteiger partial charge is 0.308 e. The molecule has 0 aliphatic rings. The van der Waals surface area contributed by atoms with Gasteiger partial charge in [-0.1, -0.05) is 42.5 Å². The summed E-state index contributed by atoms with van der Waals surface area (Å²) in [5, 5.41) is 21.1. The van der Waals surface area contributed by atoms with Crippen molar-refractivity contribution in [2.75, 3.05) is 0 Å². The van der Waals surface area contributed by atoms with Crippen molar-refractivity contribution in [1.29, 1.82) is 10.5 Å². The van der Waals surface area contributed by atoms with Gasteiger partial charge in [0, 0.05) is 21.5 Å². The van der Waals surface area contributed by atoms with Crippen molar-refractivity contribution in [2.45, 2.75) is 24.7 Å². The van der Waals surface area contributed by atoms with Crippen molar-refractivity contribution in [3.8, 4) is 34.6 Å². The van der Waals surface area contributed by atoms with Crippen LogP contribution < -0.4 is 0 Å². The number of hydrogen-bond donors (Lipinski definition) is 0. The second-order valence-electron chi connectivity index (χ2n) is 13.2. The largest absolute Gasteiger partial charge is 0.416 e. The maximum absolute atomic E-state index is 14.2. The van der Waals surface area contributed by atoms with Gasteiger partial charge in [0.15, 0.2) is 0 Å². The Morgan fingerprint density at radius 3 is 1.02 bits per heavy atom. The van der Waals surface area contributed by atoms with E-state index in [1.165, 1.54) is 36.4 Å². The van der Waals surface area contributed by atoms with Gasteiger partial charge >= 0.3 is 24.7 Å². The van der Waals surface area contributed by atoms with Gasteiger partial charge in [-0.2, -0.15) is 63.2 Å². The molecule has 0 aliphatic carbocycles. The molecule has 4 nitrogen and oxygen atoms in total. The topological polar surface area (TPSA) is 57.4 Å². The third kappa shape index (κ3) is 6.12. The summed E-state index contributed by atoms with van der Waals surface area (Å²) in [6, 6.07) is 21.7. The number of nitrogens with zero attached hydrogens (tertiary/aromatic N) is 4. The van der Waals surface area contributed by atoms with Gasteiger partial charge in [0.05, 0.1) is 67.3 Å². The SMILES string of the molecule is N#Cc1ccccc1-c1cc(-n2c3cc(C(F)(F)F)ccc3c3ccc(C(F)(F)F)cc32)c(C#N)c(-n2c3cc(C(F)(F)F)ccc3c3ccc(C(F)(F)F)cc32)c1. The Morgan fingerprint density at radius 2 is 0.724 bits per heavy atom. The molecule has 0 atom stereocenters. The molecule has 2 aromatic heterocycles. The van der Waals surface area contributed by atoms with Gasteiger partial charge in [-0.3, -0.25) is 0 Å². The molecule has 2 heterocycles. The fourth-order valence-corrected chi connectivity index (χ4v) is 7.33. The molecule has 6 aromatic carbocycles. The minimum Gasteiger partial charge on any atom is -0.308 e. The van der Waals surface area contributed by atoms with Gasteiger partial charge in [-0.25, -0.2) is 0 Å². The highest BCUT2D eigenvalue weighted by atomic mass is 19.4. The third-order valence-electron chi connectivity index (χ3n) is 9.89. The molecule has 0 spiro atoms. The molecule has 0 saturated heterocycles. The molecule has 16 heteroatoms. The molecule has 0 unspecified atom stereocenters. The highest BCUT2D eigenvalue weighted by molar-refractivity contribution is 6.11. The third-order valence-corrected chi connectivity index (χ3v) is 9.89. The molecule has 0 radical (unpaired) electrons. The summed E-state index contributed by atoms with van der Waals surface area (Å²) in [5.74, 6) is 0. The van der Waals surface area contributed by atoms with Gasteiger partial charge in [0.2, 0.25) is 0 Å². The average molecular weight is 807 g/mol. The fraction of sp³-hybridized carbons (Fsp3) is 0.0952. The van der Waals surface area contributed by atoms with E-state index >= 15 is 0 Å². The summed E-state index contributed by atoms with van der Waals surface area (Å²) < 4.78 is 173. The van der Waals surface area contributed by atoms with Gasteiger partial charge < -0.3 is 9.13 Å². The number of rotatable bonds is 3. The zero-order valence-corrected chi connectivity index (χ0v) is 28.7. The van der Waals surface area contributed by atoms with E-state index in [9.17, 15) is 63.2 Å². The van der Waals surface area contributed by atoms with Crippen LogP contribution in [0.4, 0.5) is 52.7 Å². The van der Waals surface area contributed by atoms with Crippen LogP contribution in [0.1, 0.15) is 33.4 Å². The maximum atomic E-state index is 14.2. The van der Waals surface area contributed by atoms with Crippen molar-refractivity contribution >= 4 is 43.6 Å². The predicted molar refractivity (Wildman–Crippen MR) is 190 cm³/mol. The molecule has 8 rings (SSSR count). The molecule has 0 saturated carbocycles. The lowest BCUT2D eigenvalue weighted by Gasteiger charge is -2.19.